The van der Waals surface area contributed by atoms with E-state index in [0.717, 1.165) is 47.5 Å². The van der Waals surface area contributed by atoms with Gasteiger partial charge >= 0.3 is 21.6 Å². The number of rotatable bonds is 8. The van der Waals surface area contributed by atoms with E-state index in [1.165, 1.54) is 19.2 Å². The second kappa shape index (κ2) is 10.9. The molecule has 0 unspecified atom stereocenters. The van der Waals surface area contributed by atoms with E-state index in [9.17, 15) is 26.4 Å². The van der Waals surface area contributed by atoms with Crippen LogP contribution in [0.2, 0.25) is 0 Å². The minimum absolute atomic E-state index is 0.204. The Bertz CT molecular complexity index is 1410. The lowest BCUT2D eigenvalue weighted by Crippen LogP contribution is -2.28. The maximum absolute atomic E-state index is 12.6. The number of aryl methyl sites for hydroxylation is 1. The first-order valence-electron chi connectivity index (χ1n) is 11.6. The van der Waals surface area contributed by atoms with Crippen molar-refractivity contribution in [3.63, 3.8) is 0 Å². The van der Waals surface area contributed by atoms with Crippen LogP contribution in [0.25, 0.3) is 0 Å². The largest absolute Gasteiger partial charge is 0.534 e. The molecule has 0 spiro atoms. The van der Waals surface area contributed by atoms with Crippen molar-refractivity contribution in [3.05, 3.63) is 77.6 Å². The van der Waals surface area contributed by atoms with Crippen LogP contribution in [0.15, 0.2) is 60.9 Å². The molecule has 8 nitrogen and oxygen atoms in total. The number of ether oxygens (including phenoxy) is 2. The molecule has 0 saturated heterocycles. The zero-order chi connectivity index (χ0) is 27.5. The Morgan fingerprint density at radius 2 is 1.84 bits per heavy atom. The molecule has 1 aliphatic heterocycles. The summed E-state index contributed by atoms with van der Waals surface area (Å²) in [5.41, 5.74) is -1.79. The van der Waals surface area contributed by atoms with E-state index in [0.29, 0.717) is 24.3 Å². The second-order valence-corrected chi connectivity index (χ2v) is 10.2. The van der Waals surface area contributed by atoms with Gasteiger partial charge in [-0.2, -0.15) is 21.6 Å². The summed E-state index contributed by atoms with van der Waals surface area (Å²) in [7, 11) is -2.63. The summed E-state index contributed by atoms with van der Waals surface area (Å²) in [6, 6.07) is 12.6. The highest BCUT2D eigenvalue weighted by atomic mass is 32.2. The van der Waals surface area contributed by atoms with E-state index in [4.69, 9.17) is 9.47 Å². The molecular formula is C26H25F3N2O6S. The van der Waals surface area contributed by atoms with E-state index in [-0.39, 0.29) is 5.92 Å². The Morgan fingerprint density at radius 3 is 2.53 bits per heavy atom. The SMILES string of the molecule is COC(=O)c1ccncc1CC[C@@H]1CCOc2cc(N(C)c3ccc(OS(=O)(=O)C(F)(F)F)cc3)ccc21. The highest BCUT2D eigenvalue weighted by Gasteiger charge is 2.48. The van der Waals surface area contributed by atoms with Crippen molar-refractivity contribution in [3.8, 4) is 11.5 Å². The van der Waals surface area contributed by atoms with E-state index in [1.807, 2.05) is 18.2 Å². The minimum atomic E-state index is -5.74. The first-order chi connectivity index (χ1) is 18.0. The lowest BCUT2D eigenvalue weighted by molar-refractivity contribution is -0.0500. The number of fused-ring (bicyclic) bond motifs is 1. The highest BCUT2D eigenvalue weighted by Crippen LogP contribution is 2.40. The van der Waals surface area contributed by atoms with Gasteiger partial charge in [0.1, 0.15) is 11.5 Å². The van der Waals surface area contributed by atoms with Crippen LogP contribution in [-0.2, 0) is 21.3 Å². The van der Waals surface area contributed by atoms with Gasteiger partial charge in [-0.25, -0.2) is 4.79 Å². The quantitative estimate of drug-likeness (QED) is 0.210. The molecule has 0 amide bonds. The molecule has 1 aliphatic rings. The van der Waals surface area contributed by atoms with Gasteiger partial charge in [0.15, 0.2) is 0 Å². The van der Waals surface area contributed by atoms with Gasteiger partial charge in [-0.15, -0.1) is 0 Å². The Hall–Kier alpha value is -3.80. The molecule has 1 aromatic heterocycles. The zero-order valence-corrected chi connectivity index (χ0v) is 21.4. The molecule has 0 bridgehead atoms. The smallest absolute Gasteiger partial charge is 0.493 e. The van der Waals surface area contributed by atoms with Crippen LogP contribution >= 0.6 is 0 Å². The van der Waals surface area contributed by atoms with Gasteiger partial charge in [0, 0.05) is 36.9 Å². The zero-order valence-electron chi connectivity index (χ0n) is 20.6. The number of hydrogen-bond acceptors (Lipinski definition) is 8. The van der Waals surface area contributed by atoms with Crippen LogP contribution in [0, 0.1) is 0 Å². The molecular weight excluding hydrogens is 525 g/mol. The summed E-state index contributed by atoms with van der Waals surface area (Å²) in [5.74, 6) is 0.0844. The summed E-state index contributed by atoms with van der Waals surface area (Å²) in [6.45, 7) is 0.529. The van der Waals surface area contributed by atoms with Crippen molar-refractivity contribution < 1.29 is 40.0 Å². The van der Waals surface area contributed by atoms with Crippen molar-refractivity contribution in [2.45, 2.75) is 30.7 Å². The summed E-state index contributed by atoms with van der Waals surface area (Å²) in [4.78, 5) is 18.0. The Balaban J connectivity index is 1.47. The molecule has 0 fully saturated rings. The average molecular weight is 551 g/mol. The third-order valence-corrected chi connectivity index (χ3v) is 7.31. The molecule has 0 N–H and O–H groups in total. The average Bonchev–Trinajstić information content (AvgIpc) is 2.90. The number of pyridine rings is 1. The monoisotopic (exact) mass is 550 g/mol. The number of nitrogens with zero attached hydrogens (tertiary/aromatic N) is 2. The fourth-order valence-corrected chi connectivity index (χ4v) is 4.73. The third kappa shape index (κ3) is 5.85. The standard InChI is InChI=1S/C26H25F3N2O6S/c1-31(19-5-8-21(9-6-19)37-38(33,34)26(27,28)29)20-7-10-22-17(12-14-36-24(22)15-20)3-4-18-16-30-13-11-23(18)25(32)35-2/h5-11,13,15-17H,3-4,12,14H2,1-2H3/t17-/m1/s1. The fourth-order valence-electron chi connectivity index (χ4n) is 4.27. The first-order valence-corrected chi connectivity index (χ1v) is 13.0. The molecule has 3 aromatic rings. The molecule has 0 saturated carbocycles. The van der Waals surface area contributed by atoms with Crippen LogP contribution in [0.3, 0.4) is 0 Å². The Morgan fingerprint density at radius 1 is 1.13 bits per heavy atom. The van der Waals surface area contributed by atoms with Gasteiger partial charge < -0.3 is 18.6 Å². The molecule has 38 heavy (non-hydrogen) atoms. The molecule has 0 radical (unpaired) electrons. The number of carbonyl (C=O) groups is 1. The van der Waals surface area contributed by atoms with Crippen LogP contribution < -0.4 is 13.8 Å². The van der Waals surface area contributed by atoms with Crippen LogP contribution in [0.5, 0.6) is 11.5 Å². The molecule has 0 aliphatic carbocycles. The van der Waals surface area contributed by atoms with Gasteiger partial charge in [-0.05, 0) is 72.7 Å². The van der Waals surface area contributed by atoms with Crippen molar-refractivity contribution in [1.82, 2.24) is 4.98 Å². The van der Waals surface area contributed by atoms with Crippen molar-refractivity contribution in [1.29, 1.82) is 0 Å². The number of aromatic nitrogens is 1. The van der Waals surface area contributed by atoms with Gasteiger partial charge in [-0.1, -0.05) is 6.07 Å². The number of methoxy groups -OCH3 is 1. The molecule has 1 atom stereocenters. The lowest BCUT2D eigenvalue weighted by atomic mass is 9.87. The summed E-state index contributed by atoms with van der Waals surface area (Å²) < 4.78 is 75.0. The number of anilines is 2. The van der Waals surface area contributed by atoms with Gasteiger partial charge in [0.25, 0.3) is 0 Å². The lowest BCUT2D eigenvalue weighted by Gasteiger charge is -2.28. The topological polar surface area (TPSA) is 95.0 Å². The second-order valence-electron chi connectivity index (χ2n) is 8.66. The number of alkyl halides is 3. The van der Waals surface area contributed by atoms with E-state index < -0.39 is 27.3 Å². The summed E-state index contributed by atoms with van der Waals surface area (Å²) in [6.07, 6.45) is 5.48. The predicted octanol–water partition coefficient (Wildman–Crippen LogP) is 5.36. The highest BCUT2D eigenvalue weighted by molar-refractivity contribution is 7.88. The maximum Gasteiger partial charge on any atom is 0.534 e. The predicted molar refractivity (Wildman–Crippen MR) is 133 cm³/mol. The first kappa shape index (κ1) is 27.2. The van der Waals surface area contributed by atoms with E-state index in [2.05, 4.69) is 9.17 Å². The number of benzene rings is 2. The number of halogens is 3. The van der Waals surface area contributed by atoms with Gasteiger partial charge in [0.05, 0.1) is 19.3 Å². The number of hydrogen-bond donors (Lipinski definition) is 0. The molecule has 2 aromatic carbocycles. The molecule has 202 valence electrons. The van der Waals surface area contributed by atoms with Crippen LogP contribution in [0.4, 0.5) is 24.5 Å². The molecule has 4 rings (SSSR count). The summed E-state index contributed by atoms with van der Waals surface area (Å²) in [5, 5.41) is 0. The van der Waals surface area contributed by atoms with Crippen LogP contribution in [0.1, 0.15) is 40.2 Å². The minimum Gasteiger partial charge on any atom is -0.493 e. The van der Waals surface area contributed by atoms with Crippen molar-refractivity contribution in [2.75, 3.05) is 25.7 Å². The normalized spacial score (nSPS) is 15.2. The maximum atomic E-state index is 12.6. The van der Waals surface area contributed by atoms with Crippen LogP contribution in [-0.4, -0.2) is 45.6 Å². The van der Waals surface area contributed by atoms with Crippen molar-refractivity contribution in [2.24, 2.45) is 0 Å². The molecule has 2 heterocycles. The fraction of sp³-hybridized carbons (Fsp3) is 0.308. The Kier molecular flexibility index (Phi) is 7.81. The van der Waals surface area contributed by atoms with E-state index >= 15 is 0 Å². The molecule has 12 heteroatoms. The Labute approximate surface area is 218 Å². The van der Waals surface area contributed by atoms with Gasteiger partial charge in [0.2, 0.25) is 0 Å². The van der Waals surface area contributed by atoms with Gasteiger partial charge in [-0.3, -0.25) is 4.98 Å². The summed E-state index contributed by atoms with van der Waals surface area (Å²) >= 11 is 0. The van der Waals surface area contributed by atoms with Crippen molar-refractivity contribution >= 4 is 27.5 Å². The van der Waals surface area contributed by atoms with E-state index in [1.54, 1.807) is 30.4 Å². The number of carbonyl (C=O) groups excluding carboxylic acids is 1. The third-order valence-electron chi connectivity index (χ3n) is 6.33. The number of esters is 1.